The van der Waals surface area contributed by atoms with E-state index in [1.165, 1.54) is 24.3 Å². The van der Waals surface area contributed by atoms with Crippen LogP contribution in [0.1, 0.15) is 28.8 Å². The second-order valence-electron chi connectivity index (χ2n) is 6.88. The summed E-state index contributed by atoms with van der Waals surface area (Å²) >= 11 is 2.06. The molecule has 26 heavy (non-hydrogen) atoms. The van der Waals surface area contributed by atoms with E-state index >= 15 is 0 Å². The number of aromatic nitrogens is 4. The van der Waals surface area contributed by atoms with Crippen LogP contribution in [0.25, 0.3) is 0 Å². The maximum Gasteiger partial charge on any atom is 0.253 e. The predicted octanol–water partition coefficient (Wildman–Crippen LogP) is 1.37. The number of hydrogen-bond donors (Lipinski definition) is 0. The Labute approximate surface area is 157 Å². The molecule has 1 amide bonds. The molecule has 138 valence electrons. The van der Waals surface area contributed by atoms with Gasteiger partial charge in [-0.15, -0.1) is 5.10 Å². The molecule has 2 fully saturated rings. The Morgan fingerprint density at radius 3 is 2.46 bits per heavy atom. The van der Waals surface area contributed by atoms with Crippen molar-refractivity contribution in [2.24, 2.45) is 0 Å². The molecule has 4 rings (SSSR count). The first-order valence-corrected chi connectivity index (χ1v) is 10.4. The van der Waals surface area contributed by atoms with Gasteiger partial charge in [0.05, 0.1) is 6.54 Å². The molecule has 2 aliphatic heterocycles. The Bertz CT molecular complexity index is 706. The zero-order valence-electron chi connectivity index (χ0n) is 14.8. The SMILES string of the molecule is O=C(c1ccc(Cn2cnnn2)cc1)N1CCN(C2CCSCC2)CC1. The zero-order valence-corrected chi connectivity index (χ0v) is 15.6. The largest absolute Gasteiger partial charge is 0.336 e. The first kappa shape index (κ1) is 17.5. The number of carbonyl (C=O) groups is 1. The maximum atomic E-state index is 12.8. The van der Waals surface area contributed by atoms with E-state index < -0.39 is 0 Å². The lowest BCUT2D eigenvalue weighted by Crippen LogP contribution is -2.52. The lowest BCUT2D eigenvalue weighted by atomic mass is 10.1. The van der Waals surface area contributed by atoms with E-state index in [-0.39, 0.29) is 5.91 Å². The summed E-state index contributed by atoms with van der Waals surface area (Å²) in [4.78, 5) is 17.4. The van der Waals surface area contributed by atoms with Crippen LogP contribution >= 0.6 is 11.8 Å². The van der Waals surface area contributed by atoms with E-state index in [1.54, 1.807) is 11.0 Å². The van der Waals surface area contributed by atoms with Crippen molar-refractivity contribution in [3.63, 3.8) is 0 Å². The number of nitrogens with zero attached hydrogens (tertiary/aromatic N) is 6. The van der Waals surface area contributed by atoms with Crippen LogP contribution in [0.15, 0.2) is 30.6 Å². The molecular formula is C18H24N6OS. The van der Waals surface area contributed by atoms with E-state index in [1.807, 2.05) is 29.2 Å². The van der Waals surface area contributed by atoms with Crippen molar-refractivity contribution >= 4 is 17.7 Å². The Morgan fingerprint density at radius 2 is 1.81 bits per heavy atom. The summed E-state index contributed by atoms with van der Waals surface area (Å²) in [5.41, 5.74) is 1.84. The molecule has 8 heteroatoms. The molecule has 0 bridgehead atoms. The molecule has 2 aromatic rings. The fourth-order valence-electron chi connectivity index (χ4n) is 3.72. The van der Waals surface area contributed by atoms with Crippen molar-refractivity contribution in [3.8, 4) is 0 Å². The highest BCUT2D eigenvalue weighted by Gasteiger charge is 2.27. The number of rotatable bonds is 4. The number of amides is 1. The summed E-state index contributed by atoms with van der Waals surface area (Å²) in [7, 11) is 0. The highest BCUT2D eigenvalue weighted by atomic mass is 32.2. The quantitative estimate of drug-likeness (QED) is 0.808. The minimum absolute atomic E-state index is 0.137. The molecule has 2 aliphatic rings. The second kappa shape index (κ2) is 8.18. The van der Waals surface area contributed by atoms with Gasteiger partial charge in [-0.1, -0.05) is 12.1 Å². The molecule has 1 aromatic carbocycles. The maximum absolute atomic E-state index is 12.8. The van der Waals surface area contributed by atoms with E-state index in [9.17, 15) is 4.79 Å². The Balaban J connectivity index is 1.31. The van der Waals surface area contributed by atoms with Crippen molar-refractivity contribution in [1.82, 2.24) is 30.0 Å². The van der Waals surface area contributed by atoms with Crippen LogP contribution in [0.3, 0.4) is 0 Å². The fourth-order valence-corrected chi connectivity index (χ4v) is 4.80. The average molecular weight is 372 g/mol. The molecule has 1 aromatic heterocycles. The number of piperazine rings is 1. The molecule has 3 heterocycles. The summed E-state index contributed by atoms with van der Waals surface area (Å²) in [5.74, 6) is 2.69. The van der Waals surface area contributed by atoms with Crippen molar-refractivity contribution in [2.75, 3.05) is 37.7 Å². The average Bonchev–Trinajstić information content (AvgIpc) is 3.22. The third-order valence-corrected chi connectivity index (χ3v) is 6.29. The molecule has 0 atom stereocenters. The Morgan fingerprint density at radius 1 is 1.08 bits per heavy atom. The van der Waals surface area contributed by atoms with E-state index in [4.69, 9.17) is 0 Å². The summed E-state index contributed by atoms with van der Waals surface area (Å²) in [6, 6.07) is 8.49. The topological polar surface area (TPSA) is 67.2 Å². The van der Waals surface area contributed by atoms with Gasteiger partial charge in [0.1, 0.15) is 6.33 Å². The van der Waals surface area contributed by atoms with Crippen LogP contribution < -0.4 is 0 Å². The van der Waals surface area contributed by atoms with Crippen LogP contribution in [0.5, 0.6) is 0 Å². The van der Waals surface area contributed by atoms with Gasteiger partial charge >= 0.3 is 0 Å². The smallest absolute Gasteiger partial charge is 0.253 e. The van der Waals surface area contributed by atoms with Crippen LogP contribution in [0, 0.1) is 0 Å². The Kier molecular flexibility index (Phi) is 5.50. The molecule has 0 spiro atoms. The molecule has 2 saturated heterocycles. The van der Waals surface area contributed by atoms with Gasteiger partial charge < -0.3 is 4.90 Å². The molecule has 0 radical (unpaired) electrons. The molecule has 0 N–H and O–H groups in total. The molecule has 0 saturated carbocycles. The van der Waals surface area contributed by atoms with Gasteiger partial charge in [0.2, 0.25) is 0 Å². The van der Waals surface area contributed by atoms with Crippen LogP contribution in [0.4, 0.5) is 0 Å². The first-order chi connectivity index (χ1) is 12.8. The molecule has 0 unspecified atom stereocenters. The summed E-state index contributed by atoms with van der Waals surface area (Å²) < 4.78 is 1.67. The van der Waals surface area contributed by atoms with Gasteiger partial charge in [0, 0.05) is 37.8 Å². The highest BCUT2D eigenvalue weighted by Crippen LogP contribution is 2.23. The Hall–Kier alpha value is -1.93. The second-order valence-corrected chi connectivity index (χ2v) is 8.10. The van der Waals surface area contributed by atoms with Gasteiger partial charge in [-0.3, -0.25) is 9.69 Å². The third kappa shape index (κ3) is 4.07. The number of tetrazole rings is 1. The minimum atomic E-state index is 0.137. The summed E-state index contributed by atoms with van der Waals surface area (Å²) in [6.45, 7) is 4.26. The highest BCUT2D eigenvalue weighted by molar-refractivity contribution is 7.99. The normalized spacial score (nSPS) is 19.6. The number of benzene rings is 1. The van der Waals surface area contributed by atoms with E-state index in [0.29, 0.717) is 6.54 Å². The monoisotopic (exact) mass is 372 g/mol. The van der Waals surface area contributed by atoms with Crippen LogP contribution in [-0.2, 0) is 6.54 Å². The van der Waals surface area contributed by atoms with Gasteiger partial charge in [0.15, 0.2) is 0 Å². The number of carbonyl (C=O) groups excluding carboxylic acids is 1. The molecular weight excluding hydrogens is 348 g/mol. The first-order valence-electron chi connectivity index (χ1n) is 9.20. The number of hydrogen-bond acceptors (Lipinski definition) is 6. The van der Waals surface area contributed by atoms with Gasteiger partial charge in [-0.2, -0.15) is 11.8 Å². The van der Waals surface area contributed by atoms with Gasteiger partial charge in [-0.05, 0) is 52.5 Å². The van der Waals surface area contributed by atoms with E-state index in [2.05, 4.69) is 32.2 Å². The summed E-state index contributed by atoms with van der Waals surface area (Å²) in [6.07, 6.45) is 4.17. The van der Waals surface area contributed by atoms with Crippen molar-refractivity contribution in [2.45, 2.75) is 25.4 Å². The fraction of sp³-hybridized carbons (Fsp3) is 0.556. The summed E-state index contributed by atoms with van der Waals surface area (Å²) in [5, 5.41) is 11.1. The van der Waals surface area contributed by atoms with Crippen LogP contribution in [0.2, 0.25) is 0 Å². The van der Waals surface area contributed by atoms with E-state index in [0.717, 1.165) is 43.3 Å². The van der Waals surface area contributed by atoms with Gasteiger partial charge in [0.25, 0.3) is 5.91 Å². The molecule has 0 aliphatic carbocycles. The van der Waals surface area contributed by atoms with Crippen molar-refractivity contribution in [3.05, 3.63) is 41.7 Å². The zero-order chi connectivity index (χ0) is 17.8. The third-order valence-electron chi connectivity index (χ3n) is 5.25. The lowest BCUT2D eigenvalue weighted by molar-refractivity contribution is 0.0559. The standard InChI is InChI=1S/C18H24N6OS/c25-18(16-3-1-15(2-4-16)13-24-14-19-20-21-24)23-9-7-22(8-10-23)17-5-11-26-12-6-17/h1-4,14,17H,5-13H2. The van der Waals surface area contributed by atoms with Crippen molar-refractivity contribution < 1.29 is 4.79 Å². The minimum Gasteiger partial charge on any atom is -0.336 e. The predicted molar refractivity (Wildman–Crippen MR) is 101 cm³/mol. The van der Waals surface area contributed by atoms with Gasteiger partial charge in [-0.25, -0.2) is 4.68 Å². The van der Waals surface area contributed by atoms with Crippen molar-refractivity contribution in [1.29, 1.82) is 0 Å². The lowest BCUT2D eigenvalue weighted by Gasteiger charge is -2.40. The number of thioether (sulfide) groups is 1. The molecule has 7 nitrogen and oxygen atoms in total. The van der Waals surface area contributed by atoms with Crippen LogP contribution in [-0.4, -0.2) is 79.6 Å².